The molecule has 1 aliphatic heterocycles. The lowest BCUT2D eigenvalue weighted by atomic mass is 10.2. The zero-order valence-corrected chi connectivity index (χ0v) is 19.9. The molecule has 1 saturated heterocycles. The third kappa shape index (κ3) is 5.29. The van der Waals surface area contributed by atoms with E-state index in [-0.39, 0.29) is 17.3 Å². The fourth-order valence-corrected chi connectivity index (χ4v) is 4.33. The van der Waals surface area contributed by atoms with Crippen LogP contribution in [0.4, 0.5) is 5.82 Å². The molecular formula is C20H23Cl2N9O3. The third-order valence-electron chi connectivity index (χ3n) is 5.36. The minimum atomic E-state index is -0.561. The number of carbonyl (C=O) groups excluding carboxylic acids is 1. The Balaban J connectivity index is 1.59. The van der Waals surface area contributed by atoms with Crippen LogP contribution in [-0.4, -0.2) is 62.5 Å². The Bertz CT molecular complexity index is 1190. The Morgan fingerprint density at radius 1 is 1.26 bits per heavy atom. The number of amides is 1. The van der Waals surface area contributed by atoms with Crippen molar-refractivity contribution in [1.82, 2.24) is 35.6 Å². The smallest absolute Gasteiger partial charge is 0.293 e. The van der Waals surface area contributed by atoms with Gasteiger partial charge in [-0.15, -0.1) is 5.10 Å². The lowest BCUT2D eigenvalue weighted by Crippen LogP contribution is -2.28. The van der Waals surface area contributed by atoms with Gasteiger partial charge in [0.25, 0.3) is 5.91 Å². The average Bonchev–Trinajstić information content (AvgIpc) is 3.31. The van der Waals surface area contributed by atoms with E-state index < -0.39 is 5.91 Å². The number of ether oxygens (including phenoxy) is 1. The molecule has 0 spiro atoms. The number of nitrogens with one attached hydrogen (secondary N) is 1. The van der Waals surface area contributed by atoms with Crippen molar-refractivity contribution in [3.63, 3.8) is 0 Å². The summed E-state index contributed by atoms with van der Waals surface area (Å²) in [5.74, 6) is 0.0235. The first-order valence-corrected chi connectivity index (χ1v) is 11.3. The van der Waals surface area contributed by atoms with E-state index in [1.165, 1.54) is 30.8 Å². The lowest BCUT2D eigenvalue weighted by Gasteiger charge is -2.20. The molecule has 0 unspecified atom stereocenters. The van der Waals surface area contributed by atoms with E-state index in [9.17, 15) is 4.79 Å². The molecule has 1 amide bonds. The van der Waals surface area contributed by atoms with E-state index in [1.807, 2.05) is 0 Å². The molecular weight excluding hydrogens is 485 g/mol. The number of anilines is 1. The number of hydrogen-bond acceptors (Lipinski definition) is 10. The summed E-state index contributed by atoms with van der Waals surface area (Å²) in [6, 6.07) is 3.17. The monoisotopic (exact) mass is 507 g/mol. The number of nitrogen functional groups attached to an aromatic ring is 1. The van der Waals surface area contributed by atoms with Crippen molar-refractivity contribution < 1.29 is 14.2 Å². The van der Waals surface area contributed by atoms with Crippen LogP contribution in [0.15, 0.2) is 21.9 Å². The van der Waals surface area contributed by atoms with E-state index >= 15 is 0 Å². The van der Waals surface area contributed by atoms with Gasteiger partial charge in [0.05, 0.1) is 24.0 Å². The highest BCUT2D eigenvalue weighted by molar-refractivity contribution is 6.36. The Kier molecular flexibility index (Phi) is 7.60. The summed E-state index contributed by atoms with van der Waals surface area (Å²) in [7, 11) is 1.48. The summed E-state index contributed by atoms with van der Waals surface area (Å²) in [5, 5.41) is 20.3. The van der Waals surface area contributed by atoms with Gasteiger partial charge < -0.3 is 10.5 Å². The third-order valence-corrected chi connectivity index (χ3v) is 5.86. The summed E-state index contributed by atoms with van der Waals surface area (Å²) in [4.78, 5) is 15.2. The molecule has 14 heteroatoms. The standard InChI is InChI=1S/C20H23Cl2N9O3/c1-33-17-12(8-13(21)9-14(17)22)10-24-26-20(32)16-15(11-30-6-4-2-3-5-7-30)31(29-25-16)19-18(23)27-34-28-19/h8-10H,2-7,11H2,1H3,(H2,23,27)(H,26,32). The lowest BCUT2D eigenvalue weighted by molar-refractivity contribution is 0.0947. The van der Waals surface area contributed by atoms with Gasteiger partial charge >= 0.3 is 0 Å². The second-order valence-corrected chi connectivity index (χ2v) is 8.51. The second-order valence-electron chi connectivity index (χ2n) is 7.67. The Hall–Kier alpha value is -3.22. The van der Waals surface area contributed by atoms with Crippen LogP contribution in [0, 0.1) is 0 Å². The van der Waals surface area contributed by atoms with Gasteiger partial charge in [0.15, 0.2) is 5.69 Å². The number of aromatic nitrogens is 5. The number of nitrogens with two attached hydrogens (primary N) is 1. The Morgan fingerprint density at radius 2 is 2.03 bits per heavy atom. The largest absolute Gasteiger partial charge is 0.495 e. The maximum atomic E-state index is 13.0. The van der Waals surface area contributed by atoms with Crippen molar-refractivity contribution in [2.75, 3.05) is 25.9 Å². The molecule has 0 saturated carbocycles. The number of likely N-dealkylation sites (tertiary alicyclic amines) is 1. The normalized spacial score (nSPS) is 14.9. The van der Waals surface area contributed by atoms with Gasteiger partial charge in [-0.05, 0) is 48.4 Å². The number of carbonyl (C=O) groups is 1. The van der Waals surface area contributed by atoms with Crippen LogP contribution in [-0.2, 0) is 6.54 Å². The predicted octanol–water partition coefficient (Wildman–Crippen LogP) is 2.69. The highest BCUT2D eigenvalue weighted by Gasteiger charge is 2.26. The number of hydrazone groups is 1. The molecule has 3 N–H and O–H groups in total. The minimum absolute atomic E-state index is 0.0388. The summed E-state index contributed by atoms with van der Waals surface area (Å²) >= 11 is 12.2. The van der Waals surface area contributed by atoms with E-state index in [0.717, 1.165) is 25.9 Å². The van der Waals surface area contributed by atoms with E-state index in [2.05, 4.69) is 36.1 Å². The Morgan fingerprint density at radius 3 is 2.71 bits per heavy atom. The first-order valence-electron chi connectivity index (χ1n) is 10.6. The van der Waals surface area contributed by atoms with Crippen LogP contribution in [0.5, 0.6) is 5.75 Å². The SMILES string of the molecule is COc1c(Cl)cc(Cl)cc1C=NNC(=O)c1nnn(-c2nonc2N)c1CN1CCCCCC1. The van der Waals surface area contributed by atoms with E-state index in [0.29, 0.717) is 33.6 Å². The van der Waals surface area contributed by atoms with Crippen molar-refractivity contribution >= 4 is 41.1 Å². The first kappa shape index (κ1) is 23.9. The highest BCUT2D eigenvalue weighted by atomic mass is 35.5. The van der Waals surface area contributed by atoms with Gasteiger partial charge in [-0.1, -0.05) is 41.3 Å². The molecule has 180 valence electrons. The van der Waals surface area contributed by atoms with Gasteiger partial charge in [-0.3, -0.25) is 9.69 Å². The number of rotatable bonds is 7. The quantitative estimate of drug-likeness (QED) is 0.363. The van der Waals surface area contributed by atoms with Crippen molar-refractivity contribution in [2.24, 2.45) is 5.10 Å². The summed E-state index contributed by atoms with van der Waals surface area (Å²) < 4.78 is 11.4. The van der Waals surface area contributed by atoms with Crippen LogP contribution in [0.2, 0.25) is 10.0 Å². The average molecular weight is 508 g/mol. The molecule has 1 aromatic carbocycles. The zero-order chi connectivity index (χ0) is 24.1. The number of methoxy groups -OCH3 is 1. The van der Waals surface area contributed by atoms with Crippen LogP contribution in [0.1, 0.15) is 47.4 Å². The van der Waals surface area contributed by atoms with Crippen molar-refractivity contribution in [1.29, 1.82) is 0 Å². The van der Waals surface area contributed by atoms with E-state index in [1.54, 1.807) is 12.1 Å². The van der Waals surface area contributed by atoms with Crippen molar-refractivity contribution in [3.8, 4) is 11.6 Å². The fourth-order valence-electron chi connectivity index (χ4n) is 3.74. The molecule has 0 atom stereocenters. The van der Waals surface area contributed by atoms with Gasteiger partial charge in [0.1, 0.15) is 5.75 Å². The predicted molar refractivity (Wildman–Crippen MR) is 125 cm³/mol. The molecule has 3 aromatic rings. The molecule has 0 bridgehead atoms. The number of hydrogen-bond donors (Lipinski definition) is 2. The van der Waals surface area contributed by atoms with Crippen LogP contribution >= 0.6 is 23.2 Å². The van der Waals surface area contributed by atoms with Crippen molar-refractivity contribution in [3.05, 3.63) is 39.1 Å². The summed E-state index contributed by atoms with van der Waals surface area (Å²) in [6.07, 6.45) is 5.88. The first-order chi connectivity index (χ1) is 16.5. The summed E-state index contributed by atoms with van der Waals surface area (Å²) in [5.41, 5.74) is 9.40. The van der Waals surface area contributed by atoms with E-state index in [4.69, 9.17) is 38.3 Å². The number of halogens is 2. The second kappa shape index (κ2) is 10.8. The molecule has 34 heavy (non-hydrogen) atoms. The van der Waals surface area contributed by atoms with Crippen LogP contribution < -0.4 is 15.9 Å². The summed E-state index contributed by atoms with van der Waals surface area (Å²) in [6.45, 7) is 2.21. The molecule has 1 fully saturated rings. The fraction of sp³-hybridized carbons (Fsp3) is 0.400. The van der Waals surface area contributed by atoms with Gasteiger partial charge in [-0.25, -0.2) is 10.1 Å². The van der Waals surface area contributed by atoms with Crippen molar-refractivity contribution in [2.45, 2.75) is 32.2 Å². The van der Waals surface area contributed by atoms with Gasteiger partial charge in [0.2, 0.25) is 11.6 Å². The highest BCUT2D eigenvalue weighted by Crippen LogP contribution is 2.31. The molecule has 2 aromatic heterocycles. The Labute approximate surface area is 205 Å². The molecule has 0 aliphatic carbocycles. The molecule has 3 heterocycles. The number of nitrogens with zero attached hydrogens (tertiary/aromatic N) is 7. The zero-order valence-electron chi connectivity index (χ0n) is 18.4. The number of benzene rings is 1. The van der Waals surface area contributed by atoms with Gasteiger partial charge in [-0.2, -0.15) is 9.78 Å². The van der Waals surface area contributed by atoms with Crippen LogP contribution in [0.25, 0.3) is 5.82 Å². The molecule has 0 radical (unpaired) electrons. The topological polar surface area (TPSA) is 150 Å². The molecule has 12 nitrogen and oxygen atoms in total. The van der Waals surface area contributed by atoms with Crippen LogP contribution in [0.3, 0.4) is 0 Å². The molecule has 1 aliphatic rings. The molecule has 4 rings (SSSR count). The maximum absolute atomic E-state index is 13.0. The maximum Gasteiger partial charge on any atom is 0.293 e. The van der Waals surface area contributed by atoms with Gasteiger partial charge in [0, 0.05) is 17.1 Å². The minimum Gasteiger partial charge on any atom is -0.495 e.